The first-order valence-corrected chi connectivity index (χ1v) is 4.90. The zero-order chi connectivity index (χ0) is 10.1. The monoisotopic (exact) mass is 278 g/mol. The van der Waals surface area contributed by atoms with E-state index in [2.05, 4.69) is 27.4 Å². The van der Waals surface area contributed by atoms with E-state index in [-0.39, 0.29) is 17.0 Å². The number of pyridine rings is 1. The maximum absolute atomic E-state index is 5.06. The van der Waals surface area contributed by atoms with Crippen molar-refractivity contribution in [3.63, 3.8) is 0 Å². The molecule has 0 radical (unpaired) electrons. The van der Waals surface area contributed by atoms with Crippen molar-refractivity contribution in [1.82, 2.24) is 4.40 Å². The fourth-order valence-electron chi connectivity index (χ4n) is 1.76. The number of halogens is 1. The van der Waals surface area contributed by atoms with Crippen molar-refractivity contribution in [1.29, 1.82) is 0 Å². The quantitative estimate of drug-likeness (QED) is 0.544. The molecule has 82 valence electrons. The van der Waals surface area contributed by atoms with Crippen LogP contribution in [0.25, 0.3) is 5.65 Å². The second-order valence-corrected chi connectivity index (χ2v) is 3.52. The first-order chi connectivity index (χ1) is 7.43. The van der Waals surface area contributed by atoms with Gasteiger partial charge in [-0.3, -0.25) is 0 Å². The molecule has 0 aliphatic heterocycles. The molecular formula is C12H11BrN2O. The normalized spacial score (nSPS) is 10.2. The molecule has 3 aromatic rings. The van der Waals surface area contributed by atoms with E-state index in [9.17, 15) is 0 Å². The highest BCUT2D eigenvalue weighted by Gasteiger charge is 2.08. The Hall–Kier alpha value is -1.55. The van der Waals surface area contributed by atoms with E-state index in [0.717, 1.165) is 6.54 Å². The van der Waals surface area contributed by atoms with E-state index in [0.29, 0.717) is 0 Å². The highest BCUT2D eigenvalue weighted by molar-refractivity contribution is 5.31. The highest BCUT2D eigenvalue weighted by Crippen LogP contribution is 2.02. The molecule has 0 N–H and O–H groups in total. The Morgan fingerprint density at radius 2 is 2.12 bits per heavy atom. The summed E-state index contributed by atoms with van der Waals surface area (Å²) in [7, 11) is 0. The molecule has 4 heteroatoms. The first-order valence-electron chi connectivity index (χ1n) is 4.90. The molecule has 3 rings (SSSR count). The number of nitrogens with zero attached hydrogens (tertiary/aromatic N) is 2. The molecule has 0 aromatic carbocycles. The third kappa shape index (κ3) is 1.88. The van der Waals surface area contributed by atoms with Crippen molar-refractivity contribution >= 4 is 5.65 Å². The Morgan fingerprint density at radius 1 is 1.19 bits per heavy atom. The van der Waals surface area contributed by atoms with Gasteiger partial charge in [-0.2, -0.15) is 0 Å². The second kappa shape index (κ2) is 4.53. The van der Waals surface area contributed by atoms with Crippen LogP contribution in [0.2, 0.25) is 0 Å². The lowest BCUT2D eigenvalue weighted by Gasteiger charge is -1.93. The lowest BCUT2D eigenvalue weighted by molar-refractivity contribution is -0.661. The Bertz CT molecular complexity index is 572. The van der Waals surface area contributed by atoms with Crippen LogP contribution < -0.4 is 21.5 Å². The van der Waals surface area contributed by atoms with Crippen molar-refractivity contribution in [2.45, 2.75) is 6.54 Å². The smallest absolute Gasteiger partial charge is 0.286 e. The van der Waals surface area contributed by atoms with Crippen molar-refractivity contribution in [3.8, 4) is 0 Å². The Labute approximate surface area is 104 Å². The number of aromatic nitrogens is 2. The molecule has 0 atom stereocenters. The number of fused-ring (bicyclic) bond motifs is 1. The van der Waals surface area contributed by atoms with Gasteiger partial charge in [0.15, 0.2) is 0 Å². The van der Waals surface area contributed by atoms with E-state index in [1.807, 2.05) is 24.4 Å². The summed E-state index contributed by atoms with van der Waals surface area (Å²) in [6.07, 6.45) is 9.65. The van der Waals surface area contributed by atoms with Crippen LogP contribution in [0.1, 0.15) is 5.56 Å². The molecule has 3 aromatic heterocycles. The predicted octanol–water partition coefficient (Wildman–Crippen LogP) is -1.13. The number of furan rings is 1. The van der Waals surface area contributed by atoms with Gasteiger partial charge in [-0.15, -0.1) is 0 Å². The predicted molar refractivity (Wildman–Crippen MR) is 55.4 cm³/mol. The molecule has 0 fully saturated rings. The van der Waals surface area contributed by atoms with Crippen LogP contribution in [0.3, 0.4) is 0 Å². The third-order valence-electron chi connectivity index (χ3n) is 2.50. The minimum Gasteiger partial charge on any atom is -1.00 e. The molecule has 0 aliphatic carbocycles. The van der Waals surface area contributed by atoms with Gasteiger partial charge >= 0.3 is 0 Å². The molecule has 0 spiro atoms. The van der Waals surface area contributed by atoms with Crippen LogP contribution in [-0.4, -0.2) is 4.40 Å². The number of hydrogen-bond donors (Lipinski definition) is 0. The van der Waals surface area contributed by atoms with Crippen molar-refractivity contribution in [3.05, 3.63) is 60.9 Å². The standard InChI is InChI=1S/C12H11N2O.BrH/c1-2-5-13-6-7-14(12(13)3-1)9-11-4-8-15-10-11;/h1-8,10H,9H2;1H/q+1;/p-1. The second-order valence-electron chi connectivity index (χ2n) is 3.52. The molecule has 0 bridgehead atoms. The van der Waals surface area contributed by atoms with Crippen LogP contribution in [0.5, 0.6) is 0 Å². The third-order valence-corrected chi connectivity index (χ3v) is 2.50. The average molecular weight is 279 g/mol. The van der Waals surface area contributed by atoms with Crippen LogP contribution in [0.15, 0.2) is 59.8 Å². The molecule has 16 heavy (non-hydrogen) atoms. The summed E-state index contributed by atoms with van der Waals surface area (Å²) < 4.78 is 9.34. The summed E-state index contributed by atoms with van der Waals surface area (Å²) in [6.45, 7) is 0.844. The fourth-order valence-corrected chi connectivity index (χ4v) is 1.76. The summed E-state index contributed by atoms with van der Waals surface area (Å²) in [5, 5.41) is 0. The lowest BCUT2D eigenvalue weighted by atomic mass is 10.3. The van der Waals surface area contributed by atoms with Gasteiger partial charge in [-0.05, 0) is 12.1 Å². The van der Waals surface area contributed by atoms with Gasteiger partial charge < -0.3 is 21.4 Å². The molecule has 3 heterocycles. The SMILES string of the molecule is [Br-].c1ccn2cc[n+](Cc3ccoc3)c2c1. The van der Waals surface area contributed by atoms with Gasteiger partial charge in [0.2, 0.25) is 0 Å². The van der Waals surface area contributed by atoms with E-state index in [4.69, 9.17) is 4.42 Å². The summed E-state index contributed by atoms with van der Waals surface area (Å²) in [4.78, 5) is 0. The van der Waals surface area contributed by atoms with Crippen molar-refractivity contribution in [2.75, 3.05) is 0 Å². The van der Waals surface area contributed by atoms with Gasteiger partial charge in [0, 0.05) is 11.6 Å². The lowest BCUT2D eigenvalue weighted by Crippen LogP contribution is -3.00. The van der Waals surface area contributed by atoms with Gasteiger partial charge in [-0.25, -0.2) is 8.97 Å². The Morgan fingerprint density at radius 3 is 2.94 bits per heavy atom. The fraction of sp³-hybridized carbons (Fsp3) is 0.0833. The molecule has 0 saturated carbocycles. The van der Waals surface area contributed by atoms with Gasteiger partial charge in [0.25, 0.3) is 5.65 Å². The zero-order valence-corrected chi connectivity index (χ0v) is 10.2. The Balaban J connectivity index is 0.000000963. The summed E-state index contributed by atoms with van der Waals surface area (Å²) in [5.74, 6) is 0. The Kier molecular flexibility index (Phi) is 3.10. The van der Waals surface area contributed by atoms with Crippen molar-refractivity contribution in [2.24, 2.45) is 0 Å². The van der Waals surface area contributed by atoms with Gasteiger partial charge in [-0.1, -0.05) is 6.07 Å². The minimum absolute atomic E-state index is 0. The number of rotatable bonds is 2. The topological polar surface area (TPSA) is 21.4 Å². The largest absolute Gasteiger partial charge is 1.00 e. The maximum atomic E-state index is 5.06. The van der Waals surface area contributed by atoms with Crippen LogP contribution in [0.4, 0.5) is 0 Å². The molecule has 0 aliphatic rings. The molecule has 0 unspecified atom stereocenters. The van der Waals surface area contributed by atoms with E-state index >= 15 is 0 Å². The van der Waals surface area contributed by atoms with Crippen molar-refractivity contribution < 1.29 is 26.0 Å². The first kappa shape index (κ1) is 11.0. The number of hydrogen-bond acceptors (Lipinski definition) is 1. The molecular weight excluding hydrogens is 268 g/mol. The highest BCUT2D eigenvalue weighted by atomic mass is 79.9. The van der Waals surface area contributed by atoms with Crippen LogP contribution >= 0.6 is 0 Å². The molecule has 0 saturated heterocycles. The average Bonchev–Trinajstić information content (AvgIpc) is 2.89. The number of imidazole rings is 1. The van der Waals surface area contributed by atoms with E-state index < -0.39 is 0 Å². The van der Waals surface area contributed by atoms with E-state index in [1.54, 1.807) is 12.5 Å². The van der Waals surface area contributed by atoms with Gasteiger partial charge in [0.1, 0.15) is 18.9 Å². The maximum Gasteiger partial charge on any atom is 0.286 e. The van der Waals surface area contributed by atoms with Crippen LogP contribution in [-0.2, 0) is 6.54 Å². The van der Waals surface area contributed by atoms with Gasteiger partial charge in [0.05, 0.1) is 18.7 Å². The molecule has 3 nitrogen and oxygen atoms in total. The summed E-state index contributed by atoms with van der Waals surface area (Å²) >= 11 is 0. The van der Waals surface area contributed by atoms with Crippen LogP contribution in [0, 0.1) is 0 Å². The zero-order valence-electron chi connectivity index (χ0n) is 8.58. The minimum atomic E-state index is 0. The van der Waals surface area contributed by atoms with E-state index in [1.165, 1.54) is 11.2 Å². The molecule has 0 amide bonds. The summed E-state index contributed by atoms with van der Waals surface area (Å²) in [5.41, 5.74) is 2.36. The summed E-state index contributed by atoms with van der Waals surface area (Å²) in [6, 6.07) is 8.15.